The average Bonchev–Trinajstić information content (AvgIpc) is 3.75. The number of ether oxygens (including phenoxy) is 3. The first-order chi connectivity index (χ1) is 22.2. The van der Waals surface area contributed by atoms with Crippen molar-refractivity contribution in [3.05, 3.63) is 12.7 Å². The van der Waals surface area contributed by atoms with Crippen LogP contribution in [-0.2, 0) is 41.7 Å². The maximum atomic E-state index is 13.2. The third-order valence-corrected chi connectivity index (χ3v) is 9.51. The molecule has 4 saturated heterocycles. The Morgan fingerprint density at radius 2 is 1.77 bits per heavy atom. The molecule has 24 nitrogen and oxygen atoms in total. The molecule has 26 heteroatoms. The van der Waals surface area contributed by atoms with Gasteiger partial charge in [0, 0.05) is 7.11 Å². The smallest absolute Gasteiger partial charge is 0.387 e. The van der Waals surface area contributed by atoms with Crippen LogP contribution in [0.4, 0.5) is 5.82 Å². The van der Waals surface area contributed by atoms with E-state index in [-0.39, 0.29) is 29.6 Å². The highest BCUT2D eigenvalue weighted by molar-refractivity contribution is 7.47. The maximum Gasteiger partial charge on any atom is 0.472 e. The third-order valence-electron chi connectivity index (χ3n) is 8.04. The van der Waals surface area contributed by atoms with Gasteiger partial charge >= 0.3 is 15.6 Å². The number of nitrogens with one attached hydrogen (secondary N) is 3. The molecule has 0 aromatic carbocycles. The van der Waals surface area contributed by atoms with Crippen molar-refractivity contribution in [3.8, 4) is 0 Å². The number of nitrogens with zero attached hydrogens (tertiary/aromatic N) is 5. The minimum absolute atomic E-state index is 0.0525. The third kappa shape index (κ3) is 6.92. The molecule has 0 saturated carbocycles. The number of rotatable bonds is 11. The number of amides is 1. The predicted molar refractivity (Wildman–Crippen MR) is 150 cm³/mol. The molecule has 0 spiro atoms. The molecule has 0 bridgehead atoms. The fourth-order valence-electron chi connectivity index (χ4n) is 5.91. The summed E-state index contributed by atoms with van der Waals surface area (Å²) in [5, 5.41) is 29.8. The maximum absolute atomic E-state index is 13.2. The van der Waals surface area contributed by atoms with E-state index in [1.807, 2.05) is 0 Å². The van der Waals surface area contributed by atoms with E-state index in [4.69, 9.17) is 34.7 Å². The number of aliphatic hydroxyl groups excluding tert-OH is 2. The van der Waals surface area contributed by atoms with Gasteiger partial charge in [-0.3, -0.25) is 39.3 Å². The monoisotopic (exact) mass is 712 g/mol. The Bertz CT molecular complexity index is 1570. The van der Waals surface area contributed by atoms with Gasteiger partial charge in [-0.1, -0.05) is 0 Å². The van der Waals surface area contributed by atoms with Crippen LogP contribution in [0, 0.1) is 0 Å². The first-order valence-electron chi connectivity index (χ1n) is 14.0. The van der Waals surface area contributed by atoms with Crippen LogP contribution in [0.3, 0.4) is 0 Å². The number of phosphoric acid groups is 2. The Morgan fingerprint density at radius 3 is 2.49 bits per heavy atom. The van der Waals surface area contributed by atoms with E-state index in [1.165, 1.54) is 29.2 Å². The van der Waals surface area contributed by atoms with Crippen molar-refractivity contribution in [1.29, 1.82) is 0 Å². The highest BCUT2D eigenvalue weighted by Gasteiger charge is 2.54. The van der Waals surface area contributed by atoms with Crippen LogP contribution >= 0.6 is 15.6 Å². The number of hydrogen-bond donors (Lipinski definition) is 10. The molecule has 1 amide bonds. The number of imidazole rings is 1. The summed E-state index contributed by atoms with van der Waals surface area (Å²) in [7, 11) is -8.89. The van der Waals surface area contributed by atoms with Crippen molar-refractivity contribution < 1.29 is 66.6 Å². The van der Waals surface area contributed by atoms with Gasteiger partial charge in [-0.25, -0.2) is 29.0 Å². The summed E-state index contributed by atoms with van der Waals surface area (Å²) in [5.74, 6) is -0.331. The van der Waals surface area contributed by atoms with Gasteiger partial charge in [0.2, 0.25) is 5.91 Å². The number of carbonyl (C=O) groups is 1. The second kappa shape index (κ2) is 13.2. The summed E-state index contributed by atoms with van der Waals surface area (Å²) < 4.78 is 58.4. The SMILES string of the molecule is CO[C@@H]1[C@H](OP(=O)(O)OC[C@H]2O[C@@H](N3CNC4C(=O)NC(N)NC43)[C@H](O)[C@@H]2O)[C@@H](COP(=O)(O)O)O[C@H]1n1cnc2c(N)ncnc21. The Hall–Kier alpha value is -2.32. The summed E-state index contributed by atoms with van der Waals surface area (Å²) in [6.45, 7) is -1.50. The average molecular weight is 713 g/mol. The molecule has 6 heterocycles. The molecule has 2 aromatic rings. The largest absolute Gasteiger partial charge is 0.472 e. The Morgan fingerprint density at radius 1 is 1.04 bits per heavy atom. The number of aromatic nitrogens is 4. The van der Waals surface area contributed by atoms with Gasteiger partial charge in [-0.2, -0.15) is 0 Å². The van der Waals surface area contributed by atoms with Crippen molar-refractivity contribution in [2.24, 2.45) is 5.73 Å². The van der Waals surface area contributed by atoms with E-state index in [0.29, 0.717) is 0 Å². The van der Waals surface area contributed by atoms with Crippen LogP contribution in [0.25, 0.3) is 11.2 Å². The minimum atomic E-state index is -5.10. The molecule has 47 heavy (non-hydrogen) atoms. The molecule has 262 valence electrons. The predicted octanol–water partition coefficient (Wildman–Crippen LogP) is -5.10. The van der Waals surface area contributed by atoms with E-state index >= 15 is 0 Å². The molecule has 4 unspecified atom stereocenters. The van der Waals surface area contributed by atoms with Crippen LogP contribution in [0.5, 0.6) is 0 Å². The molecule has 4 aliphatic heterocycles. The number of aliphatic hydroxyl groups is 2. The number of nitrogen functional groups attached to an aromatic ring is 1. The van der Waals surface area contributed by atoms with Gasteiger partial charge in [0.05, 0.1) is 32.4 Å². The van der Waals surface area contributed by atoms with Gasteiger partial charge in [0.1, 0.15) is 67.0 Å². The number of carbonyl (C=O) groups excluding carboxylic acids is 1. The molecule has 0 radical (unpaired) electrons. The molecule has 0 aliphatic carbocycles. The van der Waals surface area contributed by atoms with Crippen molar-refractivity contribution in [3.63, 3.8) is 0 Å². The van der Waals surface area contributed by atoms with Crippen molar-refractivity contribution in [2.45, 2.75) is 67.6 Å². The van der Waals surface area contributed by atoms with E-state index in [2.05, 4.69) is 35.4 Å². The summed E-state index contributed by atoms with van der Waals surface area (Å²) >= 11 is 0. The van der Waals surface area contributed by atoms with E-state index in [9.17, 15) is 38.8 Å². The van der Waals surface area contributed by atoms with Crippen LogP contribution in [0.1, 0.15) is 6.23 Å². The van der Waals surface area contributed by atoms with E-state index < -0.39 is 96.4 Å². The van der Waals surface area contributed by atoms with Gasteiger partial charge in [-0.15, -0.1) is 0 Å². The summed E-state index contributed by atoms with van der Waals surface area (Å²) in [4.78, 5) is 55.2. The Balaban J connectivity index is 1.15. The van der Waals surface area contributed by atoms with Gasteiger partial charge in [-0.05, 0) is 0 Å². The zero-order valence-corrected chi connectivity index (χ0v) is 26.1. The first-order valence-corrected chi connectivity index (χ1v) is 17.0. The Kier molecular flexibility index (Phi) is 9.69. The number of phosphoric ester groups is 2. The molecule has 12 N–H and O–H groups in total. The van der Waals surface area contributed by atoms with Gasteiger partial charge in [0.15, 0.2) is 17.7 Å². The number of fused-ring (bicyclic) bond motifs is 2. The standard InChI is InChI=1S/C21H34N10O14P2/c1-40-14-13(8(3-41-46(35,36)37)44-20(14)30-5-26-9-15(22)24-4-25-16(9)30)45-47(38,39)42-2-7-11(32)12(33)19(43-7)31-6-27-10-17(31)28-21(23)29-18(10)34/h4-5,7-8,10-14,17,19-21,27-28,32-33H,2-3,6,23H2,1H3,(H,29,34)(H,38,39)(H2,22,24,25)(H2,35,36,37)/t7-,8-,10?,11-,12-,13-,14-,17?,19-,20-,21?/m1/s1. The zero-order valence-electron chi connectivity index (χ0n) is 24.3. The van der Waals surface area contributed by atoms with E-state index in [0.717, 1.165) is 0 Å². The van der Waals surface area contributed by atoms with Crippen LogP contribution < -0.4 is 27.4 Å². The minimum Gasteiger partial charge on any atom is -0.387 e. The topological polar surface area (TPSA) is 343 Å². The molecule has 2 aromatic heterocycles. The number of nitrogens with two attached hydrogens (primary N) is 2. The molecular weight excluding hydrogens is 678 g/mol. The lowest BCUT2D eigenvalue weighted by molar-refractivity contribution is -0.133. The Labute approximate surface area is 264 Å². The van der Waals surface area contributed by atoms with Crippen LogP contribution in [-0.4, -0.2) is 144 Å². The van der Waals surface area contributed by atoms with Crippen LogP contribution in [0.15, 0.2) is 12.7 Å². The van der Waals surface area contributed by atoms with Gasteiger partial charge < -0.3 is 50.2 Å². The van der Waals surface area contributed by atoms with Crippen LogP contribution in [0.2, 0.25) is 0 Å². The fraction of sp³-hybridized carbons (Fsp3) is 0.714. The lowest BCUT2D eigenvalue weighted by atomic mass is 10.1. The lowest BCUT2D eigenvalue weighted by Gasteiger charge is -2.37. The second-order valence-corrected chi connectivity index (χ2v) is 13.6. The van der Waals surface area contributed by atoms with E-state index in [1.54, 1.807) is 0 Å². The number of hydrogen-bond acceptors (Lipinski definition) is 19. The molecule has 12 atom stereocenters. The highest BCUT2D eigenvalue weighted by Crippen LogP contribution is 2.50. The summed E-state index contributed by atoms with van der Waals surface area (Å²) in [5.41, 5.74) is 12.1. The van der Waals surface area contributed by atoms with Crippen molar-refractivity contribution >= 4 is 38.5 Å². The fourth-order valence-corrected chi connectivity index (χ4v) is 7.21. The molecule has 6 rings (SSSR count). The highest BCUT2D eigenvalue weighted by atomic mass is 31.2. The summed E-state index contributed by atoms with van der Waals surface area (Å²) in [6.07, 6.45) is -10.2. The molecular formula is C21H34N10O14P2. The second-order valence-electron chi connectivity index (χ2n) is 11.0. The normalized spacial score (nSPS) is 37.7. The number of methoxy groups -OCH3 is 1. The molecule has 4 fully saturated rings. The lowest BCUT2D eigenvalue weighted by Crippen LogP contribution is -2.71. The zero-order chi connectivity index (χ0) is 33.8. The van der Waals surface area contributed by atoms with Crippen molar-refractivity contribution in [2.75, 3.05) is 32.7 Å². The van der Waals surface area contributed by atoms with Gasteiger partial charge in [0.25, 0.3) is 0 Å². The van der Waals surface area contributed by atoms with Crippen molar-refractivity contribution in [1.82, 2.24) is 40.4 Å². The molecule has 4 aliphatic rings. The number of anilines is 1. The summed E-state index contributed by atoms with van der Waals surface area (Å²) in [6, 6.07) is -0.733. The quantitative estimate of drug-likeness (QED) is 0.0974. The first kappa shape index (κ1) is 34.5.